The molecule has 0 atom stereocenters. The number of rotatable bonds is 5. The second kappa shape index (κ2) is 7.33. The van der Waals surface area contributed by atoms with Crippen LogP contribution in [0.15, 0.2) is 36.7 Å². The topological polar surface area (TPSA) is 81.7 Å². The molecule has 1 aromatic carbocycles. The maximum Gasteiger partial charge on any atom is 0.129 e. The summed E-state index contributed by atoms with van der Waals surface area (Å²) in [5, 5.41) is 28.4. The predicted octanol–water partition coefficient (Wildman–Crippen LogP) is 3.19. The van der Waals surface area contributed by atoms with E-state index in [1.54, 1.807) is 21.5 Å². The number of aromatic nitrogens is 6. The van der Waals surface area contributed by atoms with Crippen molar-refractivity contribution in [3.8, 4) is 0 Å². The van der Waals surface area contributed by atoms with Gasteiger partial charge in [-0.25, -0.2) is 13.8 Å². The van der Waals surface area contributed by atoms with Crippen molar-refractivity contribution >= 4 is 0 Å². The van der Waals surface area contributed by atoms with Crippen LogP contribution in [0, 0.1) is 5.82 Å². The van der Waals surface area contributed by atoms with Gasteiger partial charge in [0.1, 0.15) is 11.4 Å². The fraction of sp³-hybridized carbons (Fsp3) is 0.524. The van der Waals surface area contributed by atoms with Gasteiger partial charge in [-0.05, 0) is 17.7 Å². The molecule has 0 aliphatic heterocycles. The summed E-state index contributed by atoms with van der Waals surface area (Å²) in [4.78, 5) is 0. The molecule has 0 amide bonds. The van der Waals surface area contributed by atoms with Crippen molar-refractivity contribution in [2.45, 2.75) is 71.1 Å². The van der Waals surface area contributed by atoms with Crippen molar-refractivity contribution in [2.75, 3.05) is 0 Å². The molecule has 7 nitrogen and oxygen atoms in total. The highest BCUT2D eigenvalue weighted by molar-refractivity contribution is 5.23. The Balaban J connectivity index is 1.95. The second-order valence-electron chi connectivity index (χ2n) is 9.64. The molecule has 0 aliphatic rings. The SMILES string of the molecule is CC(C)(C)c1cn(CC(O)(Cn2cc(C(C)(C)C)nn2)c2ccc(F)cc2)nn1. The standard InChI is InChI=1S/C21H29FN6O/c1-19(2,3)17-11-27(25-23-17)13-21(29,15-7-9-16(22)10-8-15)14-28-12-18(24-26-28)20(4,5)6/h7-12,29H,13-14H2,1-6H3. The van der Waals surface area contributed by atoms with Crippen LogP contribution in [0.2, 0.25) is 0 Å². The van der Waals surface area contributed by atoms with Gasteiger partial charge in [0.2, 0.25) is 0 Å². The van der Waals surface area contributed by atoms with Crippen LogP contribution in [0.3, 0.4) is 0 Å². The quantitative estimate of drug-likeness (QED) is 0.711. The zero-order valence-corrected chi connectivity index (χ0v) is 17.9. The first kappa shape index (κ1) is 21.1. The molecule has 8 heteroatoms. The average molecular weight is 401 g/mol. The maximum absolute atomic E-state index is 13.5. The average Bonchev–Trinajstić information content (AvgIpc) is 3.24. The largest absolute Gasteiger partial charge is 0.381 e. The Labute approximate surface area is 170 Å². The van der Waals surface area contributed by atoms with Gasteiger partial charge in [0, 0.05) is 23.2 Å². The lowest BCUT2D eigenvalue weighted by Gasteiger charge is -2.28. The molecule has 29 heavy (non-hydrogen) atoms. The Morgan fingerprint density at radius 2 is 1.21 bits per heavy atom. The Hall–Kier alpha value is -2.61. The monoisotopic (exact) mass is 400 g/mol. The lowest BCUT2D eigenvalue weighted by molar-refractivity contribution is -0.00620. The Morgan fingerprint density at radius 3 is 1.55 bits per heavy atom. The van der Waals surface area contributed by atoms with Crippen LogP contribution in [0.25, 0.3) is 0 Å². The van der Waals surface area contributed by atoms with E-state index in [1.165, 1.54) is 12.1 Å². The van der Waals surface area contributed by atoms with E-state index < -0.39 is 5.60 Å². The third-order valence-corrected chi connectivity index (χ3v) is 4.84. The molecule has 1 N–H and O–H groups in total. The molecule has 3 rings (SSSR count). The van der Waals surface area contributed by atoms with Crippen LogP contribution >= 0.6 is 0 Å². The fourth-order valence-electron chi connectivity index (χ4n) is 2.97. The van der Waals surface area contributed by atoms with Crippen LogP contribution in [-0.2, 0) is 29.5 Å². The summed E-state index contributed by atoms with van der Waals surface area (Å²) in [5.41, 5.74) is 0.544. The molecule has 0 aliphatic carbocycles. The van der Waals surface area contributed by atoms with Crippen molar-refractivity contribution < 1.29 is 9.50 Å². The Bertz CT molecular complexity index is 908. The van der Waals surface area contributed by atoms with Gasteiger partial charge in [0.25, 0.3) is 0 Å². The molecule has 0 unspecified atom stereocenters. The van der Waals surface area contributed by atoms with Gasteiger partial charge in [-0.1, -0.05) is 64.1 Å². The van der Waals surface area contributed by atoms with Gasteiger partial charge in [-0.3, -0.25) is 0 Å². The number of nitrogens with zero attached hydrogens (tertiary/aromatic N) is 6. The van der Waals surface area contributed by atoms with Crippen molar-refractivity contribution in [3.05, 3.63) is 59.4 Å². The van der Waals surface area contributed by atoms with E-state index in [-0.39, 0.29) is 29.7 Å². The summed E-state index contributed by atoms with van der Waals surface area (Å²) in [6.45, 7) is 12.6. The summed E-state index contributed by atoms with van der Waals surface area (Å²) < 4.78 is 16.7. The van der Waals surface area contributed by atoms with Crippen LogP contribution in [0.1, 0.15) is 58.5 Å². The summed E-state index contributed by atoms with van der Waals surface area (Å²) in [5.74, 6) is -0.359. The molecule has 0 saturated carbocycles. The molecular formula is C21H29FN6O. The third kappa shape index (κ3) is 4.87. The first-order valence-corrected chi connectivity index (χ1v) is 9.66. The first-order chi connectivity index (χ1) is 13.4. The highest BCUT2D eigenvalue weighted by Gasteiger charge is 2.33. The minimum Gasteiger partial charge on any atom is -0.381 e. The molecular weight excluding hydrogens is 371 g/mol. The fourth-order valence-corrected chi connectivity index (χ4v) is 2.97. The van der Waals surface area contributed by atoms with E-state index in [9.17, 15) is 9.50 Å². The van der Waals surface area contributed by atoms with E-state index in [1.807, 2.05) is 12.4 Å². The highest BCUT2D eigenvalue weighted by Crippen LogP contribution is 2.28. The molecule has 2 aromatic heterocycles. The normalized spacial score (nSPS) is 13.1. The minimum atomic E-state index is -1.38. The van der Waals surface area contributed by atoms with E-state index in [4.69, 9.17) is 0 Å². The Kier molecular flexibility index (Phi) is 5.34. The highest BCUT2D eigenvalue weighted by atomic mass is 19.1. The van der Waals surface area contributed by atoms with Gasteiger partial charge < -0.3 is 5.11 Å². The van der Waals surface area contributed by atoms with Gasteiger partial charge in [0.05, 0.1) is 24.5 Å². The molecule has 2 heterocycles. The Morgan fingerprint density at radius 1 is 0.793 bits per heavy atom. The number of hydrogen-bond acceptors (Lipinski definition) is 5. The lowest BCUT2D eigenvalue weighted by atomic mass is 9.92. The van der Waals surface area contributed by atoms with Gasteiger partial charge >= 0.3 is 0 Å². The molecule has 0 saturated heterocycles. The van der Waals surface area contributed by atoms with Crippen molar-refractivity contribution in [1.82, 2.24) is 30.0 Å². The molecule has 0 spiro atoms. The van der Waals surface area contributed by atoms with E-state index in [0.29, 0.717) is 5.56 Å². The van der Waals surface area contributed by atoms with E-state index in [2.05, 4.69) is 62.2 Å². The van der Waals surface area contributed by atoms with Crippen molar-refractivity contribution in [2.24, 2.45) is 0 Å². The maximum atomic E-state index is 13.5. The summed E-state index contributed by atoms with van der Waals surface area (Å²) >= 11 is 0. The van der Waals surface area contributed by atoms with Crippen molar-refractivity contribution in [1.29, 1.82) is 0 Å². The van der Waals surface area contributed by atoms with Gasteiger partial charge in [-0.2, -0.15) is 0 Å². The van der Waals surface area contributed by atoms with Gasteiger partial charge in [0.15, 0.2) is 0 Å². The first-order valence-electron chi connectivity index (χ1n) is 9.66. The number of halogens is 1. The molecule has 0 radical (unpaired) electrons. The zero-order valence-electron chi connectivity index (χ0n) is 17.9. The number of benzene rings is 1. The number of aliphatic hydroxyl groups is 1. The van der Waals surface area contributed by atoms with E-state index >= 15 is 0 Å². The van der Waals surface area contributed by atoms with Crippen LogP contribution < -0.4 is 0 Å². The molecule has 0 bridgehead atoms. The number of hydrogen-bond donors (Lipinski definition) is 1. The second-order valence-corrected chi connectivity index (χ2v) is 9.64. The van der Waals surface area contributed by atoms with Crippen LogP contribution in [-0.4, -0.2) is 35.1 Å². The lowest BCUT2D eigenvalue weighted by Crippen LogP contribution is -2.37. The summed E-state index contributed by atoms with van der Waals surface area (Å²) in [6.07, 6.45) is 3.66. The van der Waals surface area contributed by atoms with Crippen molar-refractivity contribution in [3.63, 3.8) is 0 Å². The summed E-state index contributed by atoms with van der Waals surface area (Å²) in [6, 6.07) is 5.84. The smallest absolute Gasteiger partial charge is 0.129 e. The van der Waals surface area contributed by atoms with E-state index in [0.717, 1.165) is 11.4 Å². The zero-order chi connectivity index (χ0) is 21.4. The van der Waals surface area contributed by atoms with Crippen LogP contribution in [0.5, 0.6) is 0 Å². The van der Waals surface area contributed by atoms with Crippen LogP contribution in [0.4, 0.5) is 4.39 Å². The molecule has 156 valence electrons. The minimum absolute atomic E-state index is 0.145. The molecule has 3 aromatic rings. The molecule has 0 fully saturated rings. The predicted molar refractivity (Wildman–Crippen MR) is 108 cm³/mol. The summed E-state index contributed by atoms with van der Waals surface area (Å²) in [7, 11) is 0. The van der Waals surface area contributed by atoms with Gasteiger partial charge in [-0.15, -0.1) is 10.2 Å². The third-order valence-electron chi connectivity index (χ3n) is 4.84.